The molecule has 0 radical (unpaired) electrons. The van der Waals surface area contributed by atoms with Crippen molar-refractivity contribution in [3.63, 3.8) is 0 Å². The molecule has 0 aromatic heterocycles. The Morgan fingerprint density at radius 2 is 0.917 bits per heavy atom. The standard InChI is InChI=1S/C34H67N3O11/c1-5-7-14-41-20-21-42-15-9-34(40)37(12-18-45-24-28-47-26-22-43-16-10-35-32(38)8-6-2)13-19-46-25-29-48-27-23-44-17-11-36-33(39)30-31(3)4/h31H,5-30H2,1-4H3,(H,35,38)(H,36,39). The van der Waals surface area contributed by atoms with Crippen molar-refractivity contribution >= 4 is 17.7 Å². The molecule has 0 saturated heterocycles. The van der Waals surface area contributed by atoms with Gasteiger partial charge < -0.3 is 53.4 Å². The van der Waals surface area contributed by atoms with Gasteiger partial charge >= 0.3 is 0 Å². The minimum absolute atomic E-state index is 0.0258. The molecule has 0 aliphatic rings. The number of nitrogens with zero attached hydrogens (tertiary/aromatic N) is 1. The summed E-state index contributed by atoms with van der Waals surface area (Å²) in [5.41, 5.74) is 0. The molecule has 0 unspecified atom stereocenters. The van der Waals surface area contributed by atoms with E-state index in [1.54, 1.807) is 4.90 Å². The minimum atomic E-state index is -0.0258. The number of carbonyl (C=O) groups excluding carboxylic acids is 3. The van der Waals surface area contributed by atoms with Crippen LogP contribution in [0.1, 0.15) is 66.2 Å². The summed E-state index contributed by atoms with van der Waals surface area (Å²) in [5, 5.41) is 5.63. The van der Waals surface area contributed by atoms with Crippen molar-refractivity contribution in [2.45, 2.75) is 66.2 Å². The van der Waals surface area contributed by atoms with Gasteiger partial charge in [0.05, 0.1) is 106 Å². The maximum absolute atomic E-state index is 12.9. The number of unbranched alkanes of at least 4 members (excludes halogenated alkanes) is 1. The smallest absolute Gasteiger partial charge is 0.225 e. The molecule has 0 rings (SSSR count). The average molecular weight is 694 g/mol. The van der Waals surface area contributed by atoms with Crippen molar-refractivity contribution < 1.29 is 52.3 Å². The molecule has 0 bridgehead atoms. The van der Waals surface area contributed by atoms with Crippen molar-refractivity contribution in [3.8, 4) is 0 Å². The van der Waals surface area contributed by atoms with Gasteiger partial charge in [0.1, 0.15) is 0 Å². The zero-order chi connectivity index (χ0) is 35.3. The maximum Gasteiger partial charge on any atom is 0.225 e. The van der Waals surface area contributed by atoms with Crippen LogP contribution in [0.2, 0.25) is 0 Å². The van der Waals surface area contributed by atoms with Gasteiger partial charge in [-0.3, -0.25) is 14.4 Å². The second kappa shape index (κ2) is 36.4. The third kappa shape index (κ3) is 34.0. The van der Waals surface area contributed by atoms with E-state index >= 15 is 0 Å². The van der Waals surface area contributed by atoms with Crippen LogP contribution in [0.3, 0.4) is 0 Å². The van der Waals surface area contributed by atoms with Crippen LogP contribution in [0.5, 0.6) is 0 Å². The van der Waals surface area contributed by atoms with Crippen LogP contribution in [0, 0.1) is 5.92 Å². The fourth-order valence-corrected chi connectivity index (χ4v) is 3.96. The van der Waals surface area contributed by atoms with Gasteiger partial charge in [-0.15, -0.1) is 0 Å². The van der Waals surface area contributed by atoms with Crippen LogP contribution in [0.25, 0.3) is 0 Å². The molecule has 0 aliphatic carbocycles. The predicted octanol–water partition coefficient (Wildman–Crippen LogP) is 2.22. The Morgan fingerprint density at radius 1 is 0.500 bits per heavy atom. The summed E-state index contributed by atoms with van der Waals surface area (Å²) >= 11 is 0. The molecule has 48 heavy (non-hydrogen) atoms. The lowest BCUT2D eigenvalue weighted by Gasteiger charge is -2.23. The van der Waals surface area contributed by atoms with Gasteiger partial charge in [0, 0.05) is 45.6 Å². The first kappa shape index (κ1) is 46.1. The van der Waals surface area contributed by atoms with E-state index in [0.717, 1.165) is 25.9 Å². The number of carbonyl (C=O) groups is 3. The summed E-state index contributed by atoms with van der Waals surface area (Å²) < 4.78 is 44.4. The number of rotatable bonds is 37. The number of nitrogens with one attached hydrogen (secondary N) is 2. The van der Waals surface area contributed by atoms with Crippen molar-refractivity contribution in [1.29, 1.82) is 0 Å². The van der Waals surface area contributed by atoms with Gasteiger partial charge in [0.25, 0.3) is 0 Å². The first-order valence-electron chi connectivity index (χ1n) is 17.8. The van der Waals surface area contributed by atoms with Gasteiger partial charge in [-0.05, 0) is 18.8 Å². The molecule has 0 aromatic carbocycles. The fourth-order valence-electron chi connectivity index (χ4n) is 3.96. The molecule has 284 valence electrons. The van der Waals surface area contributed by atoms with Crippen molar-refractivity contribution in [1.82, 2.24) is 15.5 Å². The monoisotopic (exact) mass is 693 g/mol. The van der Waals surface area contributed by atoms with Crippen LogP contribution in [-0.2, 0) is 52.3 Å². The minimum Gasteiger partial charge on any atom is -0.379 e. The van der Waals surface area contributed by atoms with E-state index in [4.69, 9.17) is 37.9 Å². The largest absolute Gasteiger partial charge is 0.379 e. The molecule has 0 heterocycles. The molecule has 14 nitrogen and oxygen atoms in total. The summed E-state index contributed by atoms with van der Waals surface area (Å²) in [6.07, 6.45) is 4.26. The first-order chi connectivity index (χ1) is 23.4. The van der Waals surface area contributed by atoms with E-state index in [0.29, 0.717) is 144 Å². The van der Waals surface area contributed by atoms with Gasteiger partial charge in [-0.1, -0.05) is 34.1 Å². The SMILES string of the molecule is CCCCOCCOCCC(=O)N(CCOCCOCCOCCNC(=O)CCC)CCOCCOCCOCCNC(=O)CC(C)C. The van der Waals surface area contributed by atoms with Crippen molar-refractivity contribution in [2.24, 2.45) is 5.92 Å². The lowest BCUT2D eigenvalue weighted by atomic mass is 10.1. The van der Waals surface area contributed by atoms with E-state index in [2.05, 4.69) is 17.6 Å². The molecule has 2 N–H and O–H groups in total. The third-order valence-electron chi connectivity index (χ3n) is 6.53. The van der Waals surface area contributed by atoms with E-state index in [1.165, 1.54) is 0 Å². The highest BCUT2D eigenvalue weighted by Crippen LogP contribution is 1.99. The van der Waals surface area contributed by atoms with Crippen molar-refractivity contribution in [2.75, 3.05) is 132 Å². The Hall–Kier alpha value is -1.91. The van der Waals surface area contributed by atoms with Gasteiger partial charge in [-0.25, -0.2) is 0 Å². The Kier molecular flexibility index (Phi) is 34.9. The van der Waals surface area contributed by atoms with Crippen LogP contribution < -0.4 is 10.6 Å². The maximum atomic E-state index is 12.9. The fraction of sp³-hybridized carbons (Fsp3) is 0.912. The lowest BCUT2D eigenvalue weighted by Crippen LogP contribution is -2.37. The first-order valence-corrected chi connectivity index (χ1v) is 17.8. The topological polar surface area (TPSA) is 152 Å². The number of amides is 3. The van der Waals surface area contributed by atoms with Crippen LogP contribution >= 0.6 is 0 Å². The van der Waals surface area contributed by atoms with Crippen LogP contribution in [0.4, 0.5) is 0 Å². The summed E-state index contributed by atoms with van der Waals surface area (Å²) in [6.45, 7) is 17.0. The Balaban J connectivity index is 4.08. The van der Waals surface area contributed by atoms with E-state index < -0.39 is 0 Å². The number of ether oxygens (including phenoxy) is 8. The molecule has 0 aromatic rings. The summed E-state index contributed by atoms with van der Waals surface area (Å²) in [4.78, 5) is 37.6. The zero-order valence-electron chi connectivity index (χ0n) is 30.4. The molecule has 0 saturated carbocycles. The summed E-state index contributed by atoms with van der Waals surface area (Å²) in [6, 6.07) is 0. The molecule has 0 atom stereocenters. The quantitative estimate of drug-likeness (QED) is 0.0922. The highest BCUT2D eigenvalue weighted by Gasteiger charge is 2.13. The molecule has 0 aliphatic heterocycles. The van der Waals surface area contributed by atoms with Gasteiger partial charge in [-0.2, -0.15) is 0 Å². The zero-order valence-corrected chi connectivity index (χ0v) is 30.4. The van der Waals surface area contributed by atoms with E-state index in [1.807, 2.05) is 20.8 Å². The Labute approximate surface area is 289 Å². The number of hydrogen-bond acceptors (Lipinski definition) is 11. The Morgan fingerprint density at radius 3 is 1.38 bits per heavy atom. The number of hydrogen-bond donors (Lipinski definition) is 2. The van der Waals surface area contributed by atoms with Crippen molar-refractivity contribution in [3.05, 3.63) is 0 Å². The normalized spacial score (nSPS) is 11.3. The van der Waals surface area contributed by atoms with Gasteiger partial charge in [0.15, 0.2) is 0 Å². The highest BCUT2D eigenvalue weighted by atomic mass is 16.6. The van der Waals surface area contributed by atoms with Crippen LogP contribution in [-0.4, -0.2) is 155 Å². The Bertz CT molecular complexity index is 747. The molecule has 0 fully saturated rings. The summed E-state index contributed by atoms with van der Waals surface area (Å²) in [7, 11) is 0. The molecule has 0 spiro atoms. The third-order valence-corrected chi connectivity index (χ3v) is 6.53. The lowest BCUT2D eigenvalue weighted by molar-refractivity contribution is -0.134. The predicted molar refractivity (Wildman–Crippen MR) is 183 cm³/mol. The highest BCUT2D eigenvalue weighted by molar-refractivity contribution is 5.76. The average Bonchev–Trinajstić information content (AvgIpc) is 3.05. The summed E-state index contributed by atoms with van der Waals surface area (Å²) in [5.74, 6) is 0.390. The second-order valence-electron chi connectivity index (χ2n) is 11.4. The molecule has 3 amide bonds. The van der Waals surface area contributed by atoms with E-state index in [9.17, 15) is 14.4 Å². The van der Waals surface area contributed by atoms with Gasteiger partial charge in [0.2, 0.25) is 17.7 Å². The molecule has 14 heteroatoms. The van der Waals surface area contributed by atoms with Crippen LogP contribution in [0.15, 0.2) is 0 Å². The van der Waals surface area contributed by atoms with E-state index in [-0.39, 0.29) is 24.1 Å². The molecular weight excluding hydrogens is 626 g/mol. The molecular formula is C34H67N3O11. The second-order valence-corrected chi connectivity index (χ2v) is 11.4.